The van der Waals surface area contributed by atoms with Crippen LogP contribution >= 0.6 is 0 Å². The van der Waals surface area contributed by atoms with E-state index in [1.54, 1.807) is 4.90 Å². The molecule has 0 aromatic heterocycles. The van der Waals surface area contributed by atoms with E-state index in [0.29, 0.717) is 56.6 Å². The molecule has 0 unspecified atom stereocenters. The van der Waals surface area contributed by atoms with Crippen LogP contribution in [-0.2, 0) is 27.4 Å². The van der Waals surface area contributed by atoms with Crippen molar-refractivity contribution in [3.8, 4) is 0 Å². The van der Waals surface area contributed by atoms with Gasteiger partial charge in [0.1, 0.15) is 0 Å². The van der Waals surface area contributed by atoms with Gasteiger partial charge in [-0.05, 0) is 49.4 Å². The zero-order valence-corrected chi connectivity index (χ0v) is 15.2. The van der Waals surface area contributed by atoms with E-state index in [4.69, 9.17) is 0 Å². The van der Waals surface area contributed by atoms with Crippen LogP contribution in [0.25, 0.3) is 0 Å². The average Bonchev–Trinajstić information content (AvgIpc) is 2.58. The summed E-state index contributed by atoms with van der Waals surface area (Å²) in [6.45, 7) is 1.06. The largest absolute Gasteiger partial charge is 0.416 e. The number of alkyl halides is 3. The van der Waals surface area contributed by atoms with E-state index < -0.39 is 21.8 Å². The lowest BCUT2D eigenvalue weighted by Crippen LogP contribution is -2.45. The van der Waals surface area contributed by atoms with E-state index >= 15 is 0 Å². The number of benzene rings is 1. The van der Waals surface area contributed by atoms with Gasteiger partial charge in [-0.25, -0.2) is 12.7 Å². The number of piperidine rings is 1. The lowest BCUT2D eigenvalue weighted by atomic mass is 9.93. The highest BCUT2D eigenvalue weighted by Gasteiger charge is 2.35. The second kappa shape index (κ2) is 6.84. The summed E-state index contributed by atoms with van der Waals surface area (Å²) in [6, 6.07) is 3.51. The van der Waals surface area contributed by atoms with Crippen molar-refractivity contribution in [1.82, 2.24) is 4.31 Å². The minimum atomic E-state index is -4.40. The van der Waals surface area contributed by atoms with Gasteiger partial charge < -0.3 is 4.90 Å². The highest BCUT2D eigenvalue weighted by atomic mass is 32.2. The number of anilines is 1. The van der Waals surface area contributed by atoms with Crippen LogP contribution in [0.15, 0.2) is 18.2 Å². The molecule has 1 amide bonds. The molecule has 2 aliphatic rings. The van der Waals surface area contributed by atoms with Crippen molar-refractivity contribution in [3.05, 3.63) is 29.3 Å². The molecule has 0 spiro atoms. The Morgan fingerprint density at radius 3 is 2.38 bits per heavy atom. The fourth-order valence-electron chi connectivity index (χ4n) is 3.66. The Bertz CT molecular complexity index is 800. The Morgan fingerprint density at radius 1 is 1.15 bits per heavy atom. The van der Waals surface area contributed by atoms with E-state index in [1.165, 1.54) is 10.4 Å². The van der Waals surface area contributed by atoms with Gasteiger partial charge in [-0.2, -0.15) is 13.2 Å². The Balaban J connectivity index is 1.77. The number of amides is 1. The molecule has 0 aliphatic carbocycles. The minimum Gasteiger partial charge on any atom is -0.312 e. The molecule has 1 aromatic carbocycles. The van der Waals surface area contributed by atoms with Crippen LogP contribution in [0.4, 0.5) is 18.9 Å². The van der Waals surface area contributed by atoms with E-state index in [0.717, 1.165) is 18.4 Å². The van der Waals surface area contributed by atoms with Crippen LogP contribution in [0, 0.1) is 5.92 Å². The fourth-order valence-corrected chi connectivity index (χ4v) is 4.53. The zero-order chi connectivity index (χ0) is 19.1. The van der Waals surface area contributed by atoms with Crippen molar-refractivity contribution >= 4 is 21.6 Å². The second-order valence-electron chi connectivity index (χ2n) is 6.87. The number of hydrogen-bond acceptors (Lipinski definition) is 3. The Morgan fingerprint density at radius 2 is 1.81 bits per heavy atom. The first-order chi connectivity index (χ1) is 12.1. The monoisotopic (exact) mass is 390 g/mol. The van der Waals surface area contributed by atoms with Gasteiger partial charge in [0.2, 0.25) is 15.9 Å². The predicted molar refractivity (Wildman–Crippen MR) is 91.3 cm³/mol. The van der Waals surface area contributed by atoms with E-state index in [1.807, 2.05) is 0 Å². The minimum absolute atomic E-state index is 0.126. The number of carbonyl (C=O) groups excluding carboxylic acids is 1. The molecule has 1 aromatic rings. The van der Waals surface area contributed by atoms with Crippen LogP contribution in [0.5, 0.6) is 0 Å². The summed E-state index contributed by atoms with van der Waals surface area (Å²) in [5.41, 5.74) is 0.375. The summed E-state index contributed by atoms with van der Waals surface area (Å²) in [5, 5.41) is 0. The van der Waals surface area contributed by atoms with Gasteiger partial charge in [0.05, 0.1) is 11.8 Å². The lowest BCUT2D eigenvalue weighted by molar-refractivity contribution is -0.137. The van der Waals surface area contributed by atoms with Gasteiger partial charge in [-0.1, -0.05) is 0 Å². The molecular weight excluding hydrogens is 369 g/mol. The molecule has 0 bridgehead atoms. The molecule has 5 nitrogen and oxygen atoms in total. The Hall–Kier alpha value is -1.61. The first kappa shape index (κ1) is 19.2. The summed E-state index contributed by atoms with van der Waals surface area (Å²) < 4.78 is 63.2. The Kier molecular flexibility index (Phi) is 5.04. The molecular formula is C17H21F3N2O3S. The van der Waals surface area contributed by atoms with Gasteiger partial charge in [0, 0.05) is 31.2 Å². The highest BCUT2D eigenvalue weighted by Crippen LogP contribution is 2.36. The molecule has 0 N–H and O–H groups in total. The van der Waals surface area contributed by atoms with Gasteiger partial charge in [0.25, 0.3) is 0 Å². The number of halogens is 3. The molecule has 0 saturated carbocycles. The van der Waals surface area contributed by atoms with E-state index in [9.17, 15) is 26.4 Å². The van der Waals surface area contributed by atoms with Crippen molar-refractivity contribution in [2.75, 3.05) is 30.8 Å². The quantitative estimate of drug-likeness (QED) is 0.780. The number of hydrogen-bond donors (Lipinski definition) is 0. The van der Waals surface area contributed by atoms with Crippen LogP contribution in [-0.4, -0.2) is 44.5 Å². The smallest absolute Gasteiger partial charge is 0.312 e. The SMILES string of the molecule is CS(=O)(=O)N1CCC(C(=O)N2CCCc3cc(C(F)(F)F)ccc32)CC1. The average molecular weight is 390 g/mol. The molecule has 1 fully saturated rings. The van der Waals surface area contributed by atoms with Crippen molar-refractivity contribution in [2.45, 2.75) is 31.9 Å². The number of sulfonamides is 1. The number of nitrogens with zero attached hydrogens (tertiary/aromatic N) is 2. The van der Waals surface area contributed by atoms with Gasteiger partial charge in [-0.15, -0.1) is 0 Å². The summed E-state index contributed by atoms with van der Waals surface area (Å²) >= 11 is 0. The molecule has 2 aliphatic heterocycles. The lowest BCUT2D eigenvalue weighted by Gasteiger charge is -2.36. The zero-order valence-electron chi connectivity index (χ0n) is 14.4. The molecule has 1 saturated heterocycles. The summed E-state index contributed by atoms with van der Waals surface area (Å²) in [7, 11) is -3.27. The van der Waals surface area contributed by atoms with Crippen LogP contribution in [0.3, 0.4) is 0 Å². The van der Waals surface area contributed by atoms with Crippen LogP contribution in [0.1, 0.15) is 30.4 Å². The molecule has 0 radical (unpaired) electrons. The maximum atomic E-state index is 12.9. The van der Waals surface area contributed by atoms with Crippen LogP contribution in [0.2, 0.25) is 0 Å². The summed E-state index contributed by atoms with van der Waals surface area (Å²) in [5.74, 6) is -0.430. The van der Waals surface area contributed by atoms with Crippen LogP contribution < -0.4 is 4.90 Å². The molecule has 9 heteroatoms. The number of carbonyl (C=O) groups is 1. The van der Waals surface area contributed by atoms with Crippen molar-refractivity contribution in [2.24, 2.45) is 5.92 Å². The topological polar surface area (TPSA) is 57.7 Å². The van der Waals surface area contributed by atoms with Gasteiger partial charge in [0.15, 0.2) is 0 Å². The van der Waals surface area contributed by atoms with Crippen molar-refractivity contribution < 1.29 is 26.4 Å². The summed E-state index contributed by atoms with van der Waals surface area (Å²) in [6.07, 6.45) is -1.28. The number of rotatable bonds is 2. The number of aryl methyl sites for hydroxylation is 1. The predicted octanol–water partition coefficient (Wildman–Crippen LogP) is 2.66. The first-order valence-corrected chi connectivity index (χ1v) is 10.4. The molecule has 26 heavy (non-hydrogen) atoms. The summed E-state index contributed by atoms with van der Waals surface area (Å²) in [4.78, 5) is 14.5. The first-order valence-electron chi connectivity index (χ1n) is 8.54. The highest BCUT2D eigenvalue weighted by molar-refractivity contribution is 7.88. The third kappa shape index (κ3) is 3.88. The third-order valence-electron chi connectivity index (χ3n) is 5.06. The maximum absolute atomic E-state index is 12.9. The van der Waals surface area contributed by atoms with Crippen molar-refractivity contribution in [1.29, 1.82) is 0 Å². The molecule has 3 rings (SSSR count). The fraction of sp³-hybridized carbons (Fsp3) is 0.588. The van der Waals surface area contributed by atoms with E-state index in [2.05, 4.69) is 0 Å². The van der Waals surface area contributed by atoms with Gasteiger partial charge >= 0.3 is 6.18 Å². The van der Waals surface area contributed by atoms with Crippen molar-refractivity contribution in [3.63, 3.8) is 0 Å². The molecule has 2 heterocycles. The standard InChI is InChI=1S/C17H21F3N2O3S/c1-26(24,25)21-9-6-12(7-10-21)16(23)22-8-2-3-13-11-14(17(18,19)20)4-5-15(13)22/h4-5,11-12H,2-3,6-10H2,1H3. The Labute approximate surface area is 150 Å². The van der Waals surface area contributed by atoms with E-state index in [-0.39, 0.29) is 11.8 Å². The molecule has 0 atom stereocenters. The second-order valence-corrected chi connectivity index (χ2v) is 8.85. The molecule has 144 valence electrons. The third-order valence-corrected chi connectivity index (χ3v) is 6.37. The maximum Gasteiger partial charge on any atom is 0.416 e. The number of fused-ring (bicyclic) bond motifs is 1. The van der Waals surface area contributed by atoms with Gasteiger partial charge in [-0.3, -0.25) is 4.79 Å². The normalized spacial score (nSPS) is 20.1.